The first-order valence-corrected chi connectivity index (χ1v) is 13.7. The third-order valence-corrected chi connectivity index (χ3v) is 8.48. The zero-order valence-corrected chi connectivity index (χ0v) is 23.3. The highest BCUT2D eigenvalue weighted by molar-refractivity contribution is 6.08. The van der Waals surface area contributed by atoms with Gasteiger partial charge in [0, 0.05) is 24.1 Å². The summed E-state index contributed by atoms with van der Waals surface area (Å²) in [5.74, 6) is -7.90. The number of phenols is 1. The number of phenolic OH excluding ortho intramolecular Hbond substituents is 1. The molecule has 2 aromatic carbocycles. The third kappa shape index (κ3) is 4.75. The monoisotopic (exact) mass is 564 g/mol. The van der Waals surface area contributed by atoms with E-state index in [9.17, 15) is 35.1 Å². The maximum atomic E-state index is 13.8. The van der Waals surface area contributed by atoms with Gasteiger partial charge in [-0.15, -0.1) is 0 Å². The molecule has 0 aromatic heterocycles. The van der Waals surface area contributed by atoms with Gasteiger partial charge in [-0.05, 0) is 72.0 Å². The van der Waals surface area contributed by atoms with Crippen molar-refractivity contribution < 1.29 is 39.9 Å². The maximum absolute atomic E-state index is 13.8. The summed E-state index contributed by atoms with van der Waals surface area (Å²) in [6.45, 7) is 5.75. The topological polar surface area (TPSA) is 183 Å². The van der Waals surface area contributed by atoms with Crippen molar-refractivity contribution in [1.82, 2.24) is 5.32 Å². The molecular weight excluding hydrogens is 528 g/mol. The second-order valence-corrected chi connectivity index (χ2v) is 11.7. The molecule has 41 heavy (non-hydrogen) atoms. The Labute approximate surface area is 237 Å². The highest BCUT2D eigenvalue weighted by Crippen LogP contribution is 2.54. The van der Waals surface area contributed by atoms with Gasteiger partial charge in [-0.2, -0.15) is 0 Å². The number of aliphatic hydroxyl groups is 4. The molecule has 0 aliphatic heterocycles. The molecule has 1 fully saturated rings. The van der Waals surface area contributed by atoms with E-state index in [4.69, 9.17) is 10.5 Å². The normalized spacial score (nSPS) is 23.3. The largest absolute Gasteiger partial charge is 0.512 e. The number of nitrogens with two attached hydrogens (primary N) is 1. The Bertz CT molecular complexity index is 1490. The minimum absolute atomic E-state index is 0.0394. The number of carbonyl (C=O) groups excluding carboxylic acids is 2. The Kier molecular flexibility index (Phi) is 7.35. The average Bonchev–Trinajstić information content (AvgIpc) is 2.87. The highest BCUT2D eigenvalue weighted by atomic mass is 16.5. The number of methoxy groups -OCH3 is 1. The van der Waals surface area contributed by atoms with Gasteiger partial charge in [0.05, 0.1) is 18.6 Å². The van der Waals surface area contributed by atoms with E-state index in [2.05, 4.69) is 19.2 Å². The zero-order chi connectivity index (χ0) is 29.8. The Balaban J connectivity index is 1.61. The van der Waals surface area contributed by atoms with Crippen LogP contribution in [0.4, 0.5) is 0 Å². The van der Waals surface area contributed by atoms with Crippen LogP contribution < -0.4 is 15.8 Å². The molecular formula is C31H36N2O8. The van der Waals surface area contributed by atoms with Crippen LogP contribution in [0, 0.1) is 23.7 Å². The van der Waals surface area contributed by atoms with Gasteiger partial charge in [0.15, 0.2) is 5.78 Å². The number of Topliss-reactive ketones (excluding diaryl/α,β-unsaturated/α-hetero) is 1. The lowest BCUT2D eigenvalue weighted by Gasteiger charge is -2.46. The molecule has 0 spiro atoms. The molecule has 0 radical (unpaired) electrons. The molecule has 10 nitrogen and oxygen atoms in total. The van der Waals surface area contributed by atoms with E-state index >= 15 is 0 Å². The predicted molar refractivity (Wildman–Crippen MR) is 151 cm³/mol. The maximum Gasteiger partial charge on any atom is 0.253 e. The number of aromatic hydroxyl groups is 1. The quantitative estimate of drug-likeness (QED) is 0.249. The predicted octanol–water partition coefficient (Wildman–Crippen LogP) is 2.84. The number of rotatable bonds is 7. The van der Waals surface area contributed by atoms with E-state index in [0.29, 0.717) is 23.8 Å². The molecule has 10 heteroatoms. The molecule has 218 valence electrons. The minimum Gasteiger partial charge on any atom is -0.512 e. The summed E-state index contributed by atoms with van der Waals surface area (Å²) in [5, 5.41) is 57.9. The average molecular weight is 565 g/mol. The Morgan fingerprint density at radius 1 is 1.12 bits per heavy atom. The lowest BCUT2D eigenvalue weighted by Crippen LogP contribution is -2.57. The molecule has 3 unspecified atom stereocenters. The van der Waals surface area contributed by atoms with Crippen LogP contribution in [0.5, 0.6) is 11.5 Å². The molecule has 3 aliphatic carbocycles. The van der Waals surface area contributed by atoms with Crippen LogP contribution >= 0.6 is 0 Å². The fraction of sp³-hybridized carbons (Fsp3) is 0.419. The zero-order valence-electron chi connectivity index (χ0n) is 23.3. The van der Waals surface area contributed by atoms with Crippen molar-refractivity contribution in [2.75, 3.05) is 13.7 Å². The summed E-state index contributed by atoms with van der Waals surface area (Å²) in [5.41, 5.74) is 7.66. The fourth-order valence-corrected chi connectivity index (χ4v) is 6.78. The van der Waals surface area contributed by atoms with Gasteiger partial charge in [-0.1, -0.05) is 26.0 Å². The molecule has 0 saturated heterocycles. The van der Waals surface area contributed by atoms with Crippen LogP contribution in [0.25, 0.3) is 16.9 Å². The van der Waals surface area contributed by atoms with Gasteiger partial charge in [0.2, 0.25) is 5.79 Å². The molecule has 1 saturated carbocycles. The molecule has 8 N–H and O–H groups in total. The number of aliphatic hydroxyl groups excluding tert-OH is 2. The van der Waals surface area contributed by atoms with Crippen molar-refractivity contribution in [2.45, 2.75) is 45.4 Å². The summed E-state index contributed by atoms with van der Waals surface area (Å²) in [6.07, 6.45) is 0.351. The third-order valence-electron chi connectivity index (χ3n) is 8.48. The molecule has 1 amide bonds. The Morgan fingerprint density at radius 2 is 1.85 bits per heavy atom. The van der Waals surface area contributed by atoms with Crippen LogP contribution in [0.2, 0.25) is 0 Å². The van der Waals surface area contributed by atoms with E-state index in [-0.39, 0.29) is 36.1 Å². The number of primary amides is 1. The van der Waals surface area contributed by atoms with Gasteiger partial charge in [-0.25, -0.2) is 0 Å². The molecule has 3 atom stereocenters. The first-order chi connectivity index (χ1) is 19.4. The molecule has 2 aromatic rings. The second kappa shape index (κ2) is 10.5. The van der Waals surface area contributed by atoms with E-state index in [1.807, 2.05) is 18.2 Å². The van der Waals surface area contributed by atoms with Crippen molar-refractivity contribution in [1.29, 1.82) is 0 Å². The summed E-state index contributed by atoms with van der Waals surface area (Å²) >= 11 is 0. The molecule has 0 heterocycles. The minimum atomic E-state index is -3.00. The number of ether oxygens (including phenoxy) is 1. The van der Waals surface area contributed by atoms with Crippen LogP contribution in [0.1, 0.15) is 43.4 Å². The number of fused-ring (bicyclic) bond motifs is 3. The van der Waals surface area contributed by atoms with Gasteiger partial charge in [0.25, 0.3) is 5.91 Å². The van der Waals surface area contributed by atoms with Gasteiger partial charge in [-0.3, -0.25) is 9.59 Å². The van der Waals surface area contributed by atoms with Gasteiger partial charge >= 0.3 is 0 Å². The van der Waals surface area contributed by atoms with Crippen molar-refractivity contribution >= 4 is 17.4 Å². The number of carbonyl (C=O) groups is 2. The van der Waals surface area contributed by atoms with Crippen molar-refractivity contribution in [3.63, 3.8) is 0 Å². The van der Waals surface area contributed by atoms with E-state index in [0.717, 1.165) is 23.2 Å². The van der Waals surface area contributed by atoms with Gasteiger partial charge in [0.1, 0.15) is 28.6 Å². The van der Waals surface area contributed by atoms with Crippen LogP contribution in [0.15, 0.2) is 47.2 Å². The molecule has 0 bridgehead atoms. The van der Waals surface area contributed by atoms with Crippen molar-refractivity contribution in [3.05, 3.63) is 63.9 Å². The van der Waals surface area contributed by atoms with Crippen molar-refractivity contribution in [3.8, 4) is 22.6 Å². The number of allylic oxidation sites excluding steroid dienone is 2. The lowest BCUT2D eigenvalue weighted by molar-refractivity contribution is -0.197. The number of hydrogen-bond acceptors (Lipinski definition) is 9. The number of ketones is 1. The van der Waals surface area contributed by atoms with E-state index in [1.165, 1.54) is 6.07 Å². The number of amides is 1. The highest BCUT2D eigenvalue weighted by Gasteiger charge is 2.58. The number of hydrogen-bond donors (Lipinski definition) is 7. The van der Waals surface area contributed by atoms with E-state index < -0.39 is 52.3 Å². The Morgan fingerprint density at radius 3 is 2.51 bits per heavy atom. The standard InChI is InChI=1S/C31H36N2O8/c1-14(2)12-33-13-15-4-7-23(41-3)19(8-15)18-5-6-21(34)25-20(18)10-16-9-17-11-22(35)27(30(32)38)31(39,40)26(17)29(37)24(16)28(25)36/h4-8,14,16-17,26,33-36,39-40H,9-13H2,1-3H3,(H2,32,38). The van der Waals surface area contributed by atoms with Crippen LogP contribution in [0.3, 0.4) is 0 Å². The molecule has 3 aliphatic rings. The smallest absolute Gasteiger partial charge is 0.253 e. The lowest BCUT2D eigenvalue weighted by atomic mass is 9.59. The number of nitrogens with one attached hydrogen (secondary N) is 1. The number of benzene rings is 2. The second-order valence-electron chi connectivity index (χ2n) is 11.7. The summed E-state index contributed by atoms with van der Waals surface area (Å²) in [4.78, 5) is 25.7. The molecule has 5 rings (SSSR count). The summed E-state index contributed by atoms with van der Waals surface area (Å²) < 4.78 is 5.67. The summed E-state index contributed by atoms with van der Waals surface area (Å²) in [7, 11) is 1.57. The van der Waals surface area contributed by atoms with E-state index in [1.54, 1.807) is 13.2 Å². The van der Waals surface area contributed by atoms with Crippen LogP contribution in [-0.4, -0.2) is 56.7 Å². The summed E-state index contributed by atoms with van der Waals surface area (Å²) in [6, 6.07) is 9.04. The van der Waals surface area contributed by atoms with Crippen molar-refractivity contribution in [2.24, 2.45) is 29.4 Å². The first-order valence-electron chi connectivity index (χ1n) is 13.7. The SMILES string of the molecule is COc1ccc(CNCC(C)C)cc1-c1ccc(O)c2c1CC1CC3CC(O)=C(C(N)=O)C(O)(O)C3C(=O)C1=C2O. The van der Waals surface area contributed by atoms with Gasteiger partial charge < -0.3 is 41.3 Å². The fourth-order valence-electron chi connectivity index (χ4n) is 6.78. The van der Waals surface area contributed by atoms with Crippen LogP contribution in [-0.2, 0) is 22.6 Å². The Hall–Kier alpha value is -3.86. The first kappa shape index (κ1) is 28.7.